The second kappa shape index (κ2) is 10.0. The first-order valence-electron chi connectivity index (χ1n) is 8.76. The molecule has 29 heavy (non-hydrogen) atoms. The molecule has 0 aliphatic carbocycles. The van der Waals surface area contributed by atoms with Gasteiger partial charge in [-0.2, -0.15) is 11.8 Å². The molecule has 0 spiro atoms. The number of carboxylic acids is 1. The minimum atomic E-state index is -1.58. The van der Waals surface area contributed by atoms with Crippen molar-refractivity contribution in [3.8, 4) is 0 Å². The first kappa shape index (κ1) is 23.1. The zero-order valence-electron chi connectivity index (χ0n) is 15.6. The van der Waals surface area contributed by atoms with E-state index in [2.05, 4.69) is 5.32 Å². The summed E-state index contributed by atoms with van der Waals surface area (Å²) in [6.45, 7) is 0. The molecule has 0 bridgehead atoms. The number of amides is 1. The number of aromatic nitrogens is 2. The number of ether oxygens (including phenoxy) is 1. The number of carbonyl (C=O) groups is 2. The van der Waals surface area contributed by atoms with Gasteiger partial charge < -0.3 is 31.1 Å². The topological polar surface area (TPSA) is 197 Å². The van der Waals surface area contributed by atoms with Crippen LogP contribution in [0.5, 0.6) is 0 Å². The lowest BCUT2D eigenvalue weighted by molar-refractivity contribution is -0.209. The van der Waals surface area contributed by atoms with Crippen molar-refractivity contribution in [2.75, 3.05) is 12.0 Å². The number of carbonyl (C=O) groups excluding carboxylic acids is 1. The number of thioether (sulfide) groups is 1. The smallest absolute Gasteiger partial charge is 0.330 e. The first-order chi connectivity index (χ1) is 13.6. The van der Waals surface area contributed by atoms with Gasteiger partial charge in [0.25, 0.3) is 5.56 Å². The average molecular weight is 432 g/mol. The van der Waals surface area contributed by atoms with Crippen molar-refractivity contribution in [2.45, 2.75) is 49.5 Å². The van der Waals surface area contributed by atoms with Crippen LogP contribution in [0.4, 0.5) is 0 Å². The van der Waals surface area contributed by atoms with Gasteiger partial charge >= 0.3 is 11.7 Å². The Morgan fingerprint density at radius 3 is 2.72 bits per heavy atom. The number of H-pyrrole nitrogens is 1. The highest BCUT2D eigenvalue weighted by Gasteiger charge is 2.44. The maximum absolute atomic E-state index is 12.2. The molecule has 13 heteroatoms. The predicted octanol–water partition coefficient (Wildman–Crippen LogP) is -2.80. The Hall–Kier alpha value is -2.19. The van der Waals surface area contributed by atoms with Gasteiger partial charge in [-0.25, -0.2) is 9.59 Å². The van der Waals surface area contributed by atoms with Crippen LogP contribution in [0.25, 0.3) is 0 Å². The third-order valence-corrected chi connectivity index (χ3v) is 5.15. The number of aliphatic hydroxyl groups is 2. The summed E-state index contributed by atoms with van der Waals surface area (Å²) in [5, 5.41) is 32.2. The van der Waals surface area contributed by atoms with Gasteiger partial charge in [-0.1, -0.05) is 0 Å². The molecule has 1 saturated heterocycles. The predicted molar refractivity (Wildman–Crippen MR) is 102 cm³/mol. The molecule has 1 aliphatic rings. The Labute approximate surface area is 169 Å². The highest BCUT2D eigenvalue weighted by atomic mass is 32.2. The van der Waals surface area contributed by atoms with Crippen molar-refractivity contribution in [2.24, 2.45) is 5.73 Å². The fourth-order valence-electron chi connectivity index (χ4n) is 2.90. The zero-order chi connectivity index (χ0) is 21.7. The van der Waals surface area contributed by atoms with Crippen molar-refractivity contribution >= 4 is 23.6 Å². The molecule has 7 N–H and O–H groups in total. The van der Waals surface area contributed by atoms with E-state index in [1.807, 2.05) is 11.2 Å². The van der Waals surface area contributed by atoms with Crippen LogP contribution in [0.2, 0.25) is 0 Å². The van der Waals surface area contributed by atoms with Crippen LogP contribution in [-0.4, -0.2) is 79.2 Å². The molecule has 0 aromatic carbocycles. The van der Waals surface area contributed by atoms with Gasteiger partial charge in [0.05, 0.1) is 18.2 Å². The summed E-state index contributed by atoms with van der Waals surface area (Å²) in [6, 6.07) is -1.50. The molecule has 0 unspecified atom stereocenters. The summed E-state index contributed by atoms with van der Waals surface area (Å²) in [5.41, 5.74) is 4.17. The van der Waals surface area contributed by atoms with Crippen LogP contribution in [-0.2, 0) is 14.3 Å². The van der Waals surface area contributed by atoms with Crippen molar-refractivity contribution in [3.63, 3.8) is 0 Å². The van der Waals surface area contributed by atoms with Crippen LogP contribution in [0.15, 0.2) is 21.9 Å². The van der Waals surface area contributed by atoms with Gasteiger partial charge in [-0.05, 0) is 18.4 Å². The van der Waals surface area contributed by atoms with Crippen LogP contribution < -0.4 is 22.3 Å². The molecule has 0 radical (unpaired) electrons. The Morgan fingerprint density at radius 2 is 2.14 bits per heavy atom. The highest BCUT2D eigenvalue weighted by molar-refractivity contribution is 7.98. The van der Waals surface area contributed by atoms with E-state index in [0.29, 0.717) is 12.2 Å². The van der Waals surface area contributed by atoms with Gasteiger partial charge in [0.1, 0.15) is 6.10 Å². The zero-order valence-corrected chi connectivity index (χ0v) is 16.4. The quantitative estimate of drug-likeness (QED) is 0.249. The highest BCUT2D eigenvalue weighted by Crippen LogP contribution is 2.28. The lowest BCUT2D eigenvalue weighted by Gasteiger charge is -2.39. The molecule has 162 valence electrons. The van der Waals surface area contributed by atoms with Crippen molar-refractivity contribution in [1.82, 2.24) is 14.9 Å². The second-order valence-electron chi connectivity index (χ2n) is 6.59. The molecule has 2 rings (SSSR count). The van der Waals surface area contributed by atoms with Gasteiger partial charge in [0, 0.05) is 18.7 Å². The van der Waals surface area contributed by atoms with Crippen LogP contribution in [0.3, 0.4) is 0 Å². The normalized spacial score (nSPS) is 26.5. The van der Waals surface area contributed by atoms with E-state index in [9.17, 15) is 34.5 Å². The number of hydrogen-bond donors (Lipinski definition) is 6. The number of aromatic amines is 1. The van der Waals surface area contributed by atoms with Crippen LogP contribution >= 0.6 is 11.8 Å². The van der Waals surface area contributed by atoms with Crippen molar-refractivity contribution in [1.29, 1.82) is 0 Å². The second-order valence-corrected chi connectivity index (χ2v) is 7.57. The molecule has 6 atom stereocenters. The molecule has 12 nitrogen and oxygen atoms in total. The molecule has 0 saturated carbocycles. The van der Waals surface area contributed by atoms with Crippen LogP contribution in [0.1, 0.15) is 19.1 Å². The summed E-state index contributed by atoms with van der Waals surface area (Å²) in [6.07, 6.45) is -2.84. The fourth-order valence-corrected chi connectivity index (χ4v) is 3.39. The minimum absolute atomic E-state index is 0.312. The van der Waals surface area contributed by atoms with Gasteiger partial charge in [0.2, 0.25) is 5.91 Å². The number of rotatable bonds is 8. The van der Waals surface area contributed by atoms with E-state index >= 15 is 0 Å². The molecule has 2 heterocycles. The lowest BCUT2D eigenvalue weighted by atomic mass is 9.96. The fraction of sp³-hybridized carbons (Fsp3) is 0.625. The molecular formula is C16H24N4O8S. The number of aliphatic hydroxyl groups excluding tert-OH is 2. The van der Waals surface area contributed by atoms with E-state index in [0.717, 1.165) is 16.8 Å². The molecule has 1 aromatic heterocycles. The molecule has 1 aromatic rings. The standard InChI is InChI=1S/C16H24N4O8S/c1-29-5-3-7(17)13(24)19-11(15(25)26)9-6-8(21)12(23)14(28-9)20-4-2-10(22)18-16(20)27/h2,4,7-9,11-12,14,21,23H,3,5-6,17H2,1H3,(H,19,24)(H,25,26)(H,18,22,27)/t7-,8+,9-,11-,12+,14+/m0/s1. The molecule has 1 amide bonds. The SMILES string of the molecule is CSCC[C@H](N)C(=O)N[C@H](C(=O)O)[C@@H]1C[C@@H](O)[C@@H](O)[C@H](n2ccc(=O)[nH]c2=O)O1. The third-order valence-electron chi connectivity index (χ3n) is 4.51. The largest absolute Gasteiger partial charge is 0.480 e. The lowest BCUT2D eigenvalue weighted by Crippen LogP contribution is -2.59. The number of hydrogen-bond acceptors (Lipinski definition) is 9. The summed E-state index contributed by atoms with van der Waals surface area (Å²) >= 11 is 1.48. The number of carboxylic acid groups (broad SMARTS) is 1. The van der Waals surface area contributed by atoms with E-state index in [4.69, 9.17) is 10.5 Å². The number of aliphatic carboxylic acids is 1. The van der Waals surface area contributed by atoms with Crippen LogP contribution in [0, 0.1) is 0 Å². The minimum Gasteiger partial charge on any atom is -0.480 e. The maximum Gasteiger partial charge on any atom is 0.330 e. The Morgan fingerprint density at radius 1 is 1.45 bits per heavy atom. The average Bonchev–Trinajstić information content (AvgIpc) is 2.66. The number of nitrogens with one attached hydrogen (secondary N) is 2. The van der Waals surface area contributed by atoms with Crippen molar-refractivity contribution in [3.05, 3.63) is 33.1 Å². The van der Waals surface area contributed by atoms with Crippen molar-refractivity contribution < 1.29 is 29.6 Å². The van der Waals surface area contributed by atoms with Gasteiger partial charge in [-0.3, -0.25) is 19.1 Å². The summed E-state index contributed by atoms with van der Waals surface area (Å²) in [5.74, 6) is -1.53. The number of nitrogens with two attached hydrogens (primary N) is 1. The maximum atomic E-state index is 12.2. The van der Waals surface area contributed by atoms with Gasteiger partial charge in [-0.15, -0.1) is 0 Å². The summed E-state index contributed by atoms with van der Waals surface area (Å²) < 4.78 is 6.38. The first-order valence-corrected chi connectivity index (χ1v) is 10.2. The van der Waals surface area contributed by atoms with E-state index < -0.39 is 59.7 Å². The monoisotopic (exact) mass is 432 g/mol. The summed E-state index contributed by atoms with van der Waals surface area (Å²) in [4.78, 5) is 49.2. The molecule has 1 aliphatic heterocycles. The Kier molecular flexibility index (Phi) is 7.98. The Bertz CT molecular complexity index is 843. The van der Waals surface area contributed by atoms with E-state index in [-0.39, 0.29) is 6.42 Å². The molecule has 1 fully saturated rings. The summed E-state index contributed by atoms with van der Waals surface area (Å²) in [7, 11) is 0. The third kappa shape index (κ3) is 5.67. The number of nitrogens with zero attached hydrogens (tertiary/aromatic N) is 1. The Balaban J connectivity index is 2.23. The van der Waals surface area contributed by atoms with Gasteiger partial charge in [0.15, 0.2) is 12.3 Å². The van der Waals surface area contributed by atoms with E-state index in [1.54, 1.807) is 0 Å². The molecular weight excluding hydrogens is 408 g/mol. The van der Waals surface area contributed by atoms with E-state index in [1.165, 1.54) is 11.8 Å².